The van der Waals surface area contributed by atoms with Crippen molar-refractivity contribution in [1.82, 2.24) is 14.4 Å². The van der Waals surface area contributed by atoms with E-state index in [9.17, 15) is 0 Å². The second-order valence-electron chi connectivity index (χ2n) is 15.2. The first-order valence-corrected chi connectivity index (χ1v) is 19.2. The van der Waals surface area contributed by atoms with E-state index in [1.807, 2.05) is 6.07 Å². The van der Waals surface area contributed by atoms with Gasteiger partial charge in [-0.3, -0.25) is 0 Å². The molecule has 0 fully saturated rings. The highest BCUT2D eigenvalue weighted by Gasteiger charge is 2.34. The lowest BCUT2D eigenvalue weighted by Crippen LogP contribution is -2.08. The lowest BCUT2D eigenvalue weighted by Gasteiger charge is -2.21. The lowest BCUT2D eigenvalue weighted by molar-refractivity contribution is 0.649. The summed E-state index contributed by atoms with van der Waals surface area (Å²) in [5.41, 5.74) is 12.5. The number of rotatable bonds is 2. The van der Waals surface area contributed by atoms with Crippen molar-refractivity contribution in [3.8, 4) is 22.5 Å². The van der Waals surface area contributed by atoms with E-state index in [1.165, 1.54) is 76.5 Å². The normalized spacial score (nSPS) is 14.6. The fraction of sp³-hybridized carbons (Fsp3) is 0.0588. The second kappa shape index (κ2) is 10.8. The molecule has 13 rings (SSSR count). The summed E-state index contributed by atoms with van der Waals surface area (Å²) in [7, 11) is 0. The van der Waals surface area contributed by atoms with E-state index in [0.717, 1.165) is 45.8 Å². The largest absolute Gasteiger partial charge is 0.438 e. The lowest BCUT2D eigenvalue weighted by atomic mass is 9.83. The predicted molar refractivity (Wildman–Crippen MR) is 226 cm³/mol. The average molecular weight is 702 g/mol. The zero-order valence-electron chi connectivity index (χ0n) is 29.8. The summed E-state index contributed by atoms with van der Waals surface area (Å²) in [6, 6.07) is 57.3. The molecular formula is C51H31N3O. The van der Waals surface area contributed by atoms with Crippen molar-refractivity contribution in [2.45, 2.75) is 18.8 Å². The van der Waals surface area contributed by atoms with Gasteiger partial charge in [0.05, 0.1) is 27.6 Å². The Labute approximate surface area is 315 Å². The Hall–Kier alpha value is -7.04. The Morgan fingerprint density at radius 2 is 1.27 bits per heavy atom. The molecule has 0 saturated heterocycles. The molecule has 0 saturated carbocycles. The van der Waals surface area contributed by atoms with Gasteiger partial charge in [-0.1, -0.05) is 127 Å². The van der Waals surface area contributed by atoms with E-state index in [1.54, 1.807) is 0 Å². The van der Waals surface area contributed by atoms with E-state index in [4.69, 9.17) is 14.4 Å². The third-order valence-corrected chi connectivity index (χ3v) is 12.4. The fourth-order valence-electron chi connectivity index (χ4n) is 10.0. The maximum Gasteiger partial charge on any atom is 0.231 e. The fourth-order valence-corrected chi connectivity index (χ4v) is 10.0. The van der Waals surface area contributed by atoms with Gasteiger partial charge in [0, 0.05) is 38.4 Å². The van der Waals surface area contributed by atoms with Crippen molar-refractivity contribution in [3.05, 3.63) is 175 Å². The van der Waals surface area contributed by atoms with Gasteiger partial charge in [0.1, 0.15) is 5.58 Å². The molecule has 0 N–H and O–H groups in total. The number of nitrogens with zero attached hydrogens (tertiary/aromatic N) is 3. The van der Waals surface area contributed by atoms with Crippen LogP contribution < -0.4 is 0 Å². The zero-order chi connectivity index (χ0) is 35.8. The second-order valence-corrected chi connectivity index (χ2v) is 15.2. The minimum atomic E-state index is -0.0399. The molecule has 1 unspecified atom stereocenters. The van der Waals surface area contributed by atoms with E-state index in [-0.39, 0.29) is 5.92 Å². The van der Waals surface area contributed by atoms with Crippen LogP contribution in [0.5, 0.6) is 0 Å². The number of hydrogen-bond donors (Lipinski definition) is 0. The smallest absolute Gasteiger partial charge is 0.231 e. The molecule has 55 heavy (non-hydrogen) atoms. The molecular weight excluding hydrogens is 671 g/mol. The molecule has 0 bridgehead atoms. The molecule has 0 amide bonds. The first-order valence-electron chi connectivity index (χ1n) is 19.2. The number of hydrogen-bond acceptors (Lipinski definition) is 3. The number of para-hydroxylation sites is 2. The quantitative estimate of drug-likeness (QED) is 0.180. The maximum absolute atomic E-state index is 6.63. The first kappa shape index (κ1) is 29.4. The Kier molecular flexibility index (Phi) is 5.76. The van der Waals surface area contributed by atoms with E-state index in [0.29, 0.717) is 11.5 Å². The summed E-state index contributed by atoms with van der Waals surface area (Å²) in [5.74, 6) is 0.649. The average Bonchev–Trinajstić information content (AvgIpc) is 3.87. The number of furan rings is 1. The van der Waals surface area contributed by atoms with Gasteiger partial charge in [-0.15, -0.1) is 0 Å². The highest BCUT2D eigenvalue weighted by atomic mass is 16.3. The molecule has 4 nitrogen and oxygen atoms in total. The van der Waals surface area contributed by atoms with Gasteiger partial charge in [0.15, 0.2) is 5.82 Å². The van der Waals surface area contributed by atoms with Crippen LogP contribution in [-0.4, -0.2) is 14.4 Å². The van der Waals surface area contributed by atoms with Gasteiger partial charge in [0.25, 0.3) is 0 Å². The summed E-state index contributed by atoms with van der Waals surface area (Å²) in [4.78, 5) is 10.8. The topological polar surface area (TPSA) is 43.3 Å². The Balaban J connectivity index is 1.21. The van der Waals surface area contributed by atoms with Crippen LogP contribution in [0.25, 0.3) is 104 Å². The first-order chi connectivity index (χ1) is 27.3. The minimum Gasteiger partial charge on any atom is -0.438 e. The van der Waals surface area contributed by atoms with Crippen molar-refractivity contribution in [1.29, 1.82) is 0 Å². The van der Waals surface area contributed by atoms with Crippen LogP contribution in [0.15, 0.2) is 162 Å². The molecule has 256 valence electrons. The van der Waals surface area contributed by atoms with Crippen LogP contribution in [0, 0.1) is 0 Å². The van der Waals surface area contributed by atoms with Gasteiger partial charge >= 0.3 is 0 Å². The molecule has 0 spiro atoms. The highest BCUT2D eigenvalue weighted by molar-refractivity contribution is 6.30. The van der Waals surface area contributed by atoms with Crippen LogP contribution in [0.4, 0.5) is 0 Å². The Morgan fingerprint density at radius 3 is 2.20 bits per heavy atom. The van der Waals surface area contributed by atoms with Crippen molar-refractivity contribution in [2.24, 2.45) is 0 Å². The van der Waals surface area contributed by atoms with Crippen LogP contribution in [0.1, 0.15) is 29.2 Å². The Bertz CT molecular complexity index is 3570. The third kappa shape index (κ3) is 3.95. The molecule has 1 aliphatic carbocycles. The van der Waals surface area contributed by atoms with Gasteiger partial charge in [-0.05, 0) is 87.0 Å². The van der Waals surface area contributed by atoms with Gasteiger partial charge in [0.2, 0.25) is 5.71 Å². The molecule has 4 aromatic heterocycles. The number of aryl methyl sites for hydroxylation is 1. The van der Waals surface area contributed by atoms with E-state index in [2.05, 4.69) is 156 Å². The molecule has 4 heteroatoms. The van der Waals surface area contributed by atoms with Crippen molar-refractivity contribution in [3.63, 3.8) is 0 Å². The summed E-state index contributed by atoms with van der Waals surface area (Å²) < 4.78 is 9.16. The maximum atomic E-state index is 6.63. The molecule has 0 aliphatic heterocycles. The highest BCUT2D eigenvalue weighted by Crippen LogP contribution is 2.52. The zero-order valence-corrected chi connectivity index (χ0v) is 29.8. The monoisotopic (exact) mass is 701 g/mol. The molecule has 12 aromatic rings. The van der Waals surface area contributed by atoms with Crippen molar-refractivity contribution in [2.75, 3.05) is 0 Å². The molecule has 1 aliphatic rings. The van der Waals surface area contributed by atoms with Gasteiger partial charge < -0.3 is 8.82 Å². The summed E-state index contributed by atoms with van der Waals surface area (Å²) in [5, 5.41) is 12.2. The van der Waals surface area contributed by atoms with Crippen LogP contribution in [-0.2, 0) is 6.42 Å². The summed E-state index contributed by atoms with van der Waals surface area (Å²) in [6.07, 6.45) is 1.83. The van der Waals surface area contributed by atoms with Crippen molar-refractivity contribution >= 4 is 81.7 Å². The minimum absolute atomic E-state index is 0.0399. The number of aromatic nitrogens is 3. The van der Waals surface area contributed by atoms with E-state index < -0.39 is 0 Å². The number of fused-ring (bicyclic) bond motifs is 16. The molecule has 8 aromatic carbocycles. The van der Waals surface area contributed by atoms with Crippen LogP contribution in [0.2, 0.25) is 0 Å². The Morgan fingerprint density at radius 1 is 0.527 bits per heavy atom. The van der Waals surface area contributed by atoms with Crippen LogP contribution >= 0.6 is 0 Å². The third-order valence-electron chi connectivity index (χ3n) is 12.4. The van der Waals surface area contributed by atoms with Crippen LogP contribution in [0.3, 0.4) is 0 Å². The van der Waals surface area contributed by atoms with Gasteiger partial charge in [-0.2, -0.15) is 4.98 Å². The summed E-state index contributed by atoms with van der Waals surface area (Å²) in [6.45, 7) is 0. The molecule has 0 radical (unpaired) electrons. The SMILES string of the molecule is c1ccc2c(c1)CCC(c1nc(-c3ccc4ccccc4c3)nc3oc4ccccc4c13)c1c-2cc2c3c4ccccc4ccc3n3c4ccccc4c1c23. The predicted octanol–water partition coefficient (Wildman–Crippen LogP) is 13.2. The van der Waals surface area contributed by atoms with E-state index >= 15 is 0 Å². The number of benzene rings is 8. The molecule has 1 atom stereocenters. The summed E-state index contributed by atoms with van der Waals surface area (Å²) >= 11 is 0. The van der Waals surface area contributed by atoms with Crippen molar-refractivity contribution < 1.29 is 4.42 Å². The molecule has 4 heterocycles. The standard InChI is InChI=1S/C51H31N3O/c1-2-14-32-27-33(22-21-29(32)11-1)50-52-48(47-37-18-8-10-20-43(37)55-51(47)53-50)38-25-23-30-12-3-5-15-34(30)39-28-40-44-35-16-6-4-13-31(35)24-26-42(44)54-41-19-9-7-17-36(41)46(45(38)39)49(40)54/h1-22,24,26-28,38H,23,25H2. The van der Waals surface area contributed by atoms with Gasteiger partial charge in [-0.25, -0.2) is 4.98 Å².